The number of esters is 1. The van der Waals surface area contributed by atoms with E-state index in [1.54, 1.807) is 0 Å². The Morgan fingerprint density at radius 1 is 0.789 bits per heavy atom. The molecule has 1 aliphatic carbocycles. The topological polar surface area (TPSA) is 71.1 Å². The molecule has 0 aromatic carbocycles. The van der Waals surface area contributed by atoms with Crippen molar-refractivity contribution < 1.29 is 27.9 Å². The van der Waals surface area contributed by atoms with Crippen LogP contribution in [0.15, 0.2) is 22.5 Å². The standard InChI is InChI=1S/C30H52O6Si2/c1-16(2)37(17(3)4,18(5)6)35-24-14-22(31)26-25(36-38(19(7)8,20(9)10)21(11)12)15-23-28(30(32)33-13)27(24)29(26)34-23/h16-21,23-24,29H,14-15H2,1-13H3/t23-,24?,29+/m1/s1. The summed E-state index contributed by atoms with van der Waals surface area (Å²) in [6.45, 7) is 26.9. The molecule has 2 bridgehead atoms. The Morgan fingerprint density at radius 2 is 1.26 bits per heavy atom. The first-order chi connectivity index (χ1) is 17.6. The van der Waals surface area contributed by atoms with Crippen LogP contribution in [-0.4, -0.2) is 53.8 Å². The maximum absolute atomic E-state index is 13.9. The smallest absolute Gasteiger partial charge is 0.336 e. The van der Waals surface area contributed by atoms with Crippen LogP contribution in [0, 0.1) is 0 Å². The van der Waals surface area contributed by atoms with Crippen molar-refractivity contribution in [3.05, 3.63) is 22.5 Å². The van der Waals surface area contributed by atoms with Crippen LogP contribution in [0.5, 0.6) is 0 Å². The average Bonchev–Trinajstić information content (AvgIpc) is 3.12. The van der Waals surface area contributed by atoms with Gasteiger partial charge in [-0.3, -0.25) is 4.79 Å². The molecule has 0 aromatic rings. The number of Topliss-reactive ketones (excluding diaryl/α,β-unsaturated/α-hetero) is 1. The van der Waals surface area contributed by atoms with Crippen molar-refractivity contribution in [2.24, 2.45) is 0 Å². The van der Waals surface area contributed by atoms with E-state index in [4.69, 9.17) is 18.3 Å². The minimum absolute atomic E-state index is 0.0293. The monoisotopic (exact) mass is 564 g/mol. The summed E-state index contributed by atoms with van der Waals surface area (Å²) in [5, 5.41) is 0. The lowest BCUT2D eigenvalue weighted by molar-refractivity contribution is -0.137. The van der Waals surface area contributed by atoms with Gasteiger partial charge in [0, 0.05) is 18.4 Å². The van der Waals surface area contributed by atoms with Gasteiger partial charge >= 0.3 is 5.97 Å². The number of fused-ring (bicyclic) bond motifs is 1. The average molecular weight is 565 g/mol. The lowest BCUT2D eigenvalue weighted by Gasteiger charge is -2.47. The second-order valence-electron chi connectivity index (χ2n) is 13.4. The minimum atomic E-state index is -2.34. The maximum Gasteiger partial charge on any atom is 0.336 e. The van der Waals surface area contributed by atoms with Gasteiger partial charge < -0.3 is 18.3 Å². The van der Waals surface area contributed by atoms with Crippen LogP contribution in [0.3, 0.4) is 0 Å². The highest BCUT2D eigenvalue weighted by Crippen LogP contribution is 2.53. The maximum atomic E-state index is 13.9. The van der Waals surface area contributed by atoms with Crippen molar-refractivity contribution in [2.75, 3.05) is 7.11 Å². The second kappa shape index (κ2) is 11.3. The van der Waals surface area contributed by atoms with E-state index in [0.717, 1.165) is 11.3 Å². The van der Waals surface area contributed by atoms with Gasteiger partial charge in [0.1, 0.15) is 6.10 Å². The fraction of sp³-hybridized carbons (Fsp3) is 0.800. The molecule has 1 saturated carbocycles. The molecule has 3 rings (SSSR count). The molecular weight excluding hydrogens is 512 g/mol. The summed E-state index contributed by atoms with van der Waals surface area (Å²) in [4.78, 5) is 27.2. The molecular formula is C30H52O6Si2. The Labute approximate surface area is 233 Å². The number of hydrogen-bond acceptors (Lipinski definition) is 6. The van der Waals surface area contributed by atoms with Crippen LogP contribution in [-0.2, 0) is 27.9 Å². The normalized spacial score (nSPS) is 24.3. The van der Waals surface area contributed by atoms with Crippen LogP contribution in [0.4, 0.5) is 0 Å². The van der Waals surface area contributed by atoms with E-state index in [-0.39, 0.29) is 18.2 Å². The van der Waals surface area contributed by atoms with Gasteiger partial charge in [-0.25, -0.2) is 4.79 Å². The van der Waals surface area contributed by atoms with Crippen molar-refractivity contribution in [2.45, 2.75) is 147 Å². The second-order valence-corrected chi connectivity index (χ2v) is 24.2. The third kappa shape index (κ3) is 4.81. The summed E-state index contributed by atoms with van der Waals surface area (Å²) in [5.41, 5.74) is 4.12. The highest BCUT2D eigenvalue weighted by Gasteiger charge is 2.57. The van der Waals surface area contributed by atoms with Crippen molar-refractivity contribution in [1.82, 2.24) is 0 Å². The van der Waals surface area contributed by atoms with E-state index >= 15 is 0 Å². The summed E-state index contributed by atoms with van der Waals surface area (Å²) in [5.74, 6) is 0.387. The molecule has 8 heteroatoms. The highest BCUT2D eigenvalue weighted by molar-refractivity contribution is 6.78. The van der Waals surface area contributed by atoms with Crippen LogP contribution >= 0.6 is 0 Å². The first-order valence-corrected chi connectivity index (χ1v) is 19.0. The molecule has 0 radical (unpaired) electrons. The third-order valence-corrected chi connectivity index (χ3v) is 21.8. The Morgan fingerprint density at radius 3 is 1.68 bits per heavy atom. The Balaban J connectivity index is 2.17. The molecule has 0 amide bonds. The quantitative estimate of drug-likeness (QED) is 0.190. The van der Waals surface area contributed by atoms with Gasteiger partial charge in [0.15, 0.2) is 5.78 Å². The molecule has 6 nitrogen and oxygen atoms in total. The first-order valence-electron chi connectivity index (χ1n) is 14.7. The van der Waals surface area contributed by atoms with Gasteiger partial charge in [0.2, 0.25) is 8.32 Å². The van der Waals surface area contributed by atoms with Crippen LogP contribution in [0.2, 0.25) is 33.2 Å². The lowest BCUT2D eigenvalue weighted by Crippen LogP contribution is -2.53. The van der Waals surface area contributed by atoms with Crippen molar-refractivity contribution >= 4 is 28.4 Å². The Kier molecular flexibility index (Phi) is 9.34. The molecule has 216 valence electrons. The molecule has 2 heterocycles. The predicted molar refractivity (Wildman–Crippen MR) is 157 cm³/mol. The van der Waals surface area contributed by atoms with Gasteiger partial charge in [-0.1, -0.05) is 83.1 Å². The molecule has 0 N–H and O–H groups in total. The SMILES string of the molecule is COC(=O)C1=C2C(O[Si](C(C)C)(C(C)C)C(C)C)CC(=O)C3=C(O[Si](C(C)C)(C(C)C)C(C)C)C[C@H]1O[C@@H]32. The van der Waals surface area contributed by atoms with Gasteiger partial charge in [-0.15, -0.1) is 0 Å². The zero-order valence-electron chi connectivity index (χ0n) is 26.1. The van der Waals surface area contributed by atoms with Crippen molar-refractivity contribution in [3.8, 4) is 0 Å². The molecule has 3 atom stereocenters. The molecule has 38 heavy (non-hydrogen) atoms. The zero-order chi connectivity index (χ0) is 28.9. The zero-order valence-corrected chi connectivity index (χ0v) is 28.1. The lowest BCUT2D eigenvalue weighted by atomic mass is 9.83. The Hall–Kier alpha value is -1.23. The number of carbonyl (C=O) groups is 2. The fourth-order valence-corrected chi connectivity index (χ4v) is 19.1. The first kappa shape index (κ1) is 31.3. The molecule has 3 aliphatic rings. The summed E-state index contributed by atoms with van der Waals surface area (Å²) in [7, 11) is -3.24. The number of ether oxygens (including phenoxy) is 2. The van der Waals surface area contributed by atoms with Gasteiger partial charge in [0.25, 0.3) is 8.32 Å². The van der Waals surface area contributed by atoms with Gasteiger partial charge in [-0.2, -0.15) is 0 Å². The molecule has 2 aliphatic heterocycles. The van der Waals surface area contributed by atoms with Gasteiger partial charge in [0.05, 0.1) is 36.2 Å². The van der Waals surface area contributed by atoms with E-state index in [2.05, 4.69) is 83.1 Å². The van der Waals surface area contributed by atoms with Crippen molar-refractivity contribution in [3.63, 3.8) is 0 Å². The highest BCUT2D eigenvalue weighted by atomic mass is 28.4. The van der Waals surface area contributed by atoms with E-state index in [0.29, 0.717) is 50.8 Å². The van der Waals surface area contributed by atoms with Crippen LogP contribution in [0.1, 0.15) is 95.9 Å². The summed E-state index contributed by atoms with van der Waals surface area (Å²) in [6.07, 6.45) is -0.952. The van der Waals surface area contributed by atoms with E-state index in [9.17, 15) is 9.59 Å². The van der Waals surface area contributed by atoms with Crippen LogP contribution < -0.4 is 0 Å². The summed E-state index contributed by atoms with van der Waals surface area (Å²) < 4.78 is 26.0. The number of rotatable bonds is 11. The molecule has 0 aromatic heterocycles. The number of hydrogen-bond donors (Lipinski definition) is 0. The molecule has 0 saturated heterocycles. The Bertz CT molecular complexity index is 947. The number of carbonyl (C=O) groups excluding carboxylic acids is 2. The largest absolute Gasteiger partial charge is 0.545 e. The number of ketones is 1. The van der Waals surface area contributed by atoms with E-state index in [1.165, 1.54) is 7.11 Å². The van der Waals surface area contributed by atoms with E-state index in [1.807, 2.05) is 0 Å². The molecule has 1 unspecified atom stereocenters. The summed E-state index contributed by atoms with van der Waals surface area (Å²) in [6, 6.07) is 0. The third-order valence-electron chi connectivity index (χ3n) is 9.63. The predicted octanol–water partition coefficient (Wildman–Crippen LogP) is 7.61. The van der Waals surface area contributed by atoms with Gasteiger partial charge in [-0.05, 0) is 33.2 Å². The molecule has 0 spiro atoms. The number of methoxy groups -OCH3 is 1. The van der Waals surface area contributed by atoms with E-state index < -0.39 is 34.9 Å². The van der Waals surface area contributed by atoms with Crippen molar-refractivity contribution in [1.29, 1.82) is 0 Å². The summed E-state index contributed by atoms with van der Waals surface area (Å²) >= 11 is 0. The minimum Gasteiger partial charge on any atom is -0.545 e. The molecule has 1 fully saturated rings. The van der Waals surface area contributed by atoms with Crippen LogP contribution in [0.25, 0.3) is 0 Å². The fourth-order valence-electron chi connectivity index (χ4n) is 8.25.